The van der Waals surface area contributed by atoms with Gasteiger partial charge in [0.2, 0.25) is 0 Å². The first-order valence-electron chi connectivity index (χ1n) is 8.42. The van der Waals surface area contributed by atoms with E-state index in [1.807, 2.05) is 12.1 Å². The summed E-state index contributed by atoms with van der Waals surface area (Å²) in [7, 11) is 0. The minimum atomic E-state index is 0.439. The van der Waals surface area contributed by atoms with Gasteiger partial charge < -0.3 is 15.3 Å². The lowest BCUT2D eigenvalue weighted by molar-refractivity contribution is 0.174. The smallest absolute Gasteiger partial charge is 0.119 e. The van der Waals surface area contributed by atoms with Crippen molar-refractivity contribution in [3.63, 3.8) is 0 Å². The van der Waals surface area contributed by atoms with E-state index in [-0.39, 0.29) is 0 Å². The molecule has 3 rings (SSSR count). The van der Waals surface area contributed by atoms with E-state index in [2.05, 4.69) is 30.1 Å². The summed E-state index contributed by atoms with van der Waals surface area (Å²) in [5.41, 5.74) is 2.48. The molecule has 1 aliphatic heterocycles. The standard InChI is InChI=1S/C18H28N2O/c1-13(2)12-20-10-8-14(9-11-20)19-17-7-6-16-15(17)4-3-5-18(16)21/h3-5,13-14,17,19,21H,6-12H2,1-2H3. The molecule has 1 heterocycles. The number of benzene rings is 1. The number of phenols is 1. The summed E-state index contributed by atoms with van der Waals surface area (Å²) in [6.45, 7) is 8.26. The molecular formula is C18H28N2O. The third kappa shape index (κ3) is 3.41. The summed E-state index contributed by atoms with van der Waals surface area (Å²) >= 11 is 0. The summed E-state index contributed by atoms with van der Waals surface area (Å²) < 4.78 is 0. The molecule has 1 atom stereocenters. The first kappa shape index (κ1) is 14.9. The van der Waals surface area contributed by atoms with Crippen LogP contribution in [0.1, 0.15) is 50.3 Å². The van der Waals surface area contributed by atoms with Crippen LogP contribution in [0.3, 0.4) is 0 Å². The molecule has 1 aromatic carbocycles. The molecule has 0 saturated carbocycles. The predicted molar refractivity (Wildman–Crippen MR) is 86.6 cm³/mol. The summed E-state index contributed by atoms with van der Waals surface area (Å²) in [6.07, 6.45) is 4.62. The molecule has 1 fully saturated rings. The van der Waals surface area contributed by atoms with Gasteiger partial charge in [-0.1, -0.05) is 26.0 Å². The van der Waals surface area contributed by atoms with E-state index in [0.29, 0.717) is 17.8 Å². The Balaban J connectivity index is 1.55. The van der Waals surface area contributed by atoms with Crippen LogP contribution in [0.2, 0.25) is 0 Å². The van der Waals surface area contributed by atoms with Gasteiger partial charge in [-0.25, -0.2) is 0 Å². The third-order valence-corrected chi connectivity index (χ3v) is 4.89. The van der Waals surface area contributed by atoms with Crippen molar-refractivity contribution in [2.45, 2.75) is 51.6 Å². The van der Waals surface area contributed by atoms with Crippen molar-refractivity contribution in [3.8, 4) is 5.75 Å². The number of phenolic OH excluding ortho intramolecular Hbond substituents is 1. The monoisotopic (exact) mass is 288 g/mol. The number of piperidine rings is 1. The molecule has 1 aliphatic carbocycles. The predicted octanol–water partition coefficient (Wildman–Crippen LogP) is 3.09. The fourth-order valence-corrected chi connectivity index (χ4v) is 3.89. The summed E-state index contributed by atoms with van der Waals surface area (Å²) in [6, 6.07) is 7.03. The second-order valence-corrected chi connectivity index (χ2v) is 7.07. The van der Waals surface area contributed by atoms with Crippen molar-refractivity contribution in [2.24, 2.45) is 5.92 Å². The Morgan fingerprint density at radius 3 is 2.71 bits per heavy atom. The van der Waals surface area contributed by atoms with Crippen LogP contribution in [-0.4, -0.2) is 35.7 Å². The molecular weight excluding hydrogens is 260 g/mol. The highest BCUT2D eigenvalue weighted by Gasteiger charge is 2.28. The quantitative estimate of drug-likeness (QED) is 0.893. The van der Waals surface area contributed by atoms with Gasteiger partial charge in [-0.05, 0) is 61.9 Å². The fraction of sp³-hybridized carbons (Fsp3) is 0.667. The van der Waals surface area contributed by atoms with Crippen LogP contribution in [0.4, 0.5) is 0 Å². The first-order valence-corrected chi connectivity index (χ1v) is 8.42. The normalized spacial score (nSPS) is 23.7. The zero-order chi connectivity index (χ0) is 14.8. The van der Waals surface area contributed by atoms with Gasteiger partial charge in [0.15, 0.2) is 0 Å². The number of hydrogen-bond donors (Lipinski definition) is 2. The molecule has 21 heavy (non-hydrogen) atoms. The Morgan fingerprint density at radius 1 is 1.24 bits per heavy atom. The number of fused-ring (bicyclic) bond motifs is 1. The molecule has 1 aromatic rings. The number of rotatable bonds is 4. The minimum absolute atomic E-state index is 0.439. The van der Waals surface area contributed by atoms with Crippen LogP contribution in [-0.2, 0) is 6.42 Å². The van der Waals surface area contributed by atoms with E-state index in [4.69, 9.17) is 0 Å². The van der Waals surface area contributed by atoms with Gasteiger partial charge in [0.25, 0.3) is 0 Å². The molecule has 3 nitrogen and oxygen atoms in total. The Labute approximate surface area is 128 Å². The van der Waals surface area contributed by atoms with Gasteiger partial charge in [-0.2, -0.15) is 0 Å². The molecule has 2 N–H and O–H groups in total. The van der Waals surface area contributed by atoms with Crippen molar-refractivity contribution in [2.75, 3.05) is 19.6 Å². The van der Waals surface area contributed by atoms with E-state index < -0.39 is 0 Å². The number of nitrogens with one attached hydrogen (secondary N) is 1. The lowest BCUT2D eigenvalue weighted by Gasteiger charge is -2.34. The molecule has 2 aliphatic rings. The number of nitrogens with zero attached hydrogens (tertiary/aromatic N) is 1. The van der Waals surface area contributed by atoms with Crippen molar-refractivity contribution in [1.29, 1.82) is 0 Å². The summed E-state index contributed by atoms with van der Waals surface area (Å²) in [5, 5.41) is 13.8. The number of likely N-dealkylation sites (tertiary alicyclic amines) is 1. The maximum Gasteiger partial charge on any atom is 0.119 e. The van der Waals surface area contributed by atoms with Crippen molar-refractivity contribution in [3.05, 3.63) is 29.3 Å². The molecule has 1 unspecified atom stereocenters. The molecule has 0 aromatic heterocycles. The molecule has 0 spiro atoms. The van der Waals surface area contributed by atoms with Gasteiger partial charge in [-0.3, -0.25) is 0 Å². The average molecular weight is 288 g/mol. The topological polar surface area (TPSA) is 35.5 Å². The van der Waals surface area contributed by atoms with E-state index >= 15 is 0 Å². The largest absolute Gasteiger partial charge is 0.508 e. The van der Waals surface area contributed by atoms with Crippen LogP contribution >= 0.6 is 0 Å². The number of hydrogen-bond acceptors (Lipinski definition) is 3. The van der Waals surface area contributed by atoms with E-state index in [1.165, 1.54) is 38.0 Å². The van der Waals surface area contributed by atoms with Gasteiger partial charge >= 0.3 is 0 Å². The van der Waals surface area contributed by atoms with Crippen LogP contribution < -0.4 is 5.32 Å². The van der Waals surface area contributed by atoms with Gasteiger partial charge in [-0.15, -0.1) is 0 Å². The summed E-state index contributed by atoms with van der Waals surface area (Å²) in [5.74, 6) is 1.24. The maximum absolute atomic E-state index is 9.94. The highest BCUT2D eigenvalue weighted by atomic mass is 16.3. The van der Waals surface area contributed by atoms with Crippen LogP contribution in [0.25, 0.3) is 0 Å². The Morgan fingerprint density at radius 2 is 2.00 bits per heavy atom. The molecule has 0 radical (unpaired) electrons. The van der Waals surface area contributed by atoms with Crippen LogP contribution in [0.5, 0.6) is 5.75 Å². The first-order chi connectivity index (χ1) is 10.1. The lowest BCUT2D eigenvalue weighted by atomic mass is 10.0. The van der Waals surface area contributed by atoms with Crippen LogP contribution in [0, 0.1) is 5.92 Å². The van der Waals surface area contributed by atoms with Gasteiger partial charge in [0.1, 0.15) is 5.75 Å². The zero-order valence-electron chi connectivity index (χ0n) is 13.3. The average Bonchev–Trinajstić information content (AvgIpc) is 2.85. The Kier molecular flexibility index (Phi) is 4.51. The Hall–Kier alpha value is -1.06. The van der Waals surface area contributed by atoms with Crippen molar-refractivity contribution < 1.29 is 5.11 Å². The highest BCUT2D eigenvalue weighted by Crippen LogP contribution is 2.36. The lowest BCUT2D eigenvalue weighted by Crippen LogP contribution is -2.44. The molecule has 116 valence electrons. The van der Waals surface area contributed by atoms with Crippen molar-refractivity contribution in [1.82, 2.24) is 10.2 Å². The molecule has 0 amide bonds. The zero-order valence-corrected chi connectivity index (χ0v) is 13.3. The summed E-state index contributed by atoms with van der Waals surface area (Å²) in [4.78, 5) is 2.59. The molecule has 0 bridgehead atoms. The SMILES string of the molecule is CC(C)CN1CCC(NC2CCc3c(O)cccc32)CC1. The number of aromatic hydroxyl groups is 1. The maximum atomic E-state index is 9.94. The van der Waals surface area contributed by atoms with Gasteiger partial charge in [0, 0.05) is 18.6 Å². The van der Waals surface area contributed by atoms with Crippen molar-refractivity contribution >= 4 is 0 Å². The highest BCUT2D eigenvalue weighted by molar-refractivity contribution is 5.44. The van der Waals surface area contributed by atoms with E-state index in [9.17, 15) is 5.11 Å². The molecule has 1 saturated heterocycles. The Bertz CT molecular complexity index is 478. The second kappa shape index (κ2) is 6.37. The second-order valence-electron chi connectivity index (χ2n) is 7.07. The van der Waals surface area contributed by atoms with Crippen LogP contribution in [0.15, 0.2) is 18.2 Å². The molecule has 3 heteroatoms. The third-order valence-electron chi connectivity index (χ3n) is 4.89. The van der Waals surface area contributed by atoms with E-state index in [0.717, 1.165) is 24.3 Å². The van der Waals surface area contributed by atoms with E-state index in [1.54, 1.807) is 0 Å². The minimum Gasteiger partial charge on any atom is -0.508 e. The fourth-order valence-electron chi connectivity index (χ4n) is 3.89. The van der Waals surface area contributed by atoms with Gasteiger partial charge in [0.05, 0.1) is 0 Å².